The average molecular weight is 526 g/mol. The van der Waals surface area contributed by atoms with Gasteiger partial charge >= 0.3 is 6.18 Å². The molecule has 1 atom stereocenters. The topological polar surface area (TPSA) is 81.4 Å². The van der Waals surface area contributed by atoms with Crippen molar-refractivity contribution in [1.29, 1.82) is 0 Å². The predicted molar refractivity (Wildman–Crippen MR) is 126 cm³/mol. The highest BCUT2D eigenvalue weighted by Crippen LogP contribution is 2.49. The summed E-state index contributed by atoms with van der Waals surface area (Å²) in [5.41, 5.74) is -1.66. The molecule has 1 N–H and O–H groups in total. The first-order valence-electron chi connectivity index (χ1n) is 10.6. The lowest BCUT2D eigenvalue weighted by molar-refractivity contribution is -0.275. The third-order valence-electron chi connectivity index (χ3n) is 5.70. The van der Waals surface area contributed by atoms with Crippen molar-refractivity contribution in [2.75, 3.05) is 5.32 Å². The van der Waals surface area contributed by atoms with E-state index in [0.717, 1.165) is 12.1 Å². The van der Waals surface area contributed by atoms with Crippen molar-refractivity contribution >= 4 is 40.8 Å². The van der Waals surface area contributed by atoms with E-state index in [1.165, 1.54) is 18.2 Å². The molecule has 35 heavy (non-hydrogen) atoms. The van der Waals surface area contributed by atoms with Gasteiger partial charge in [-0.05, 0) is 62.2 Å². The van der Waals surface area contributed by atoms with Gasteiger partial charge in [0, 0.05) is 34.1 Å². The number of benzene rings is 2. The van der Waals surface area contributed by atoms with Gasteiger partial charge in [0.05, 0.1) is 5.71 Å². The van der Waals surface area contributed by atoms with E-state index >= 15 is 0 Å². The first kappa shape index (κ1) is 25.0. The zero-order valence-electron chi connectivity index (χ0n) is 18.9. The number of anilines is 1. The lowest BCUT2D eigenvalue weighted by Crippen LogP contribution is -2.42. The summed E-state index contributed by atoms with van der Waals surface area (Å²) in [6.45, 7) is 5.95. The van der Waals surface area contributed by atoms with Crippen LogP contribution in [0.25, 0.3) is 0 Å². The summed E-state index contributed by atoms with van der Waals surface area (Å²) in [5, 5.41) is 10.7. The van der Waals surface area contributed by atoms with Crippen molar-refractivity contribution in [3.8, 4) is 0 Å². The summed E-state index contributed by atoms with van der Waals surface area (Å²) in [6, 6.07) is 8.27. The van der Waals surface area contributed by atoms with Crippen LogP contribution in [0.4, 0.5) is 19.1 Å². The van der Waals surface area contributed by atoms with Crippen molar-refractivity contribution in [2.24, 2.45) is 5.16 Å². The quantitative estimate of drug-likeness (QED) is 0.439. The summed E-state index contributed by atoms with van der Waals surface area (Å²) < 4.78 is 44.3. The van der Waals surface area contributed by atoms with Crippen LogP contribution in [-0.2, 0) is 17.0 Å². The van der Waals surface area contributed by atoms with Gasteiger partial charge < -0.3 is 4.84 Å². The molecule has 1 amide bonds. The Bertz CT molecular complexity index is 1320. The molecular formula is C23H20Cl2F3N5O2. The first-order chi connectivity index (χ1) is 16.4. The maximum atomic E-state index is 14.2. The van der Waals surface area contributed by atoms with Gasteiger partial charge in [-0.25, -0.2) is 4.68 Å². The molecule has 0 radical (unpaired) electrons. The second-order valence-corrected chi connectivity index (χ2v) is 8.94. The van der Waals surface area contributed by atoms with Crippen LogP contribution in [-0.4, -0.2) is 32.6 Å². The number of aryl methyl sites for hydroxylation is 3. The van der Waals surface area contributed by atoms with Crippen LogP contribution in [0.1, 0.15) is 46.2 Å². The number of aromatic nitrogens is 3. The number of halogens is 5. The molecule has 1 unspecified atom stereocenters. The Morgan fingerprint density at radius 3 is 2.43 bits per heavy atom. The zero-order valence-corrected chi connectivity index (χ0v) is 20.4. The summed E-state index contributed by atoms with van der Waals surface area (Å²) in [4.78, 5) is 22.0. The van der Waals surface area contributed by atoms with Gasteiger partial charge in [-0.3, -0.25) is 10.1 Å². The number of amides is 1. The van der Waals surface area contributed by atoms with Crippen LogP contribution >= 0.6 is 23.2 Å². The van der Waals surface area contributed by atoms with Gasteiger partial charge in [-0.2, -0.15) is 18.2 Å². The third-order valence-corrected chi connectivity index (χ3v) is 6.14. The number of nitrogens with one attached hydrogen (secondary N) is 1. The molecule has 0 aliphatic carbocycles. The molecule has 2 heterocycles. The second kappa shape index (κ2) is 9.16. The minimum absolute atomic E-state index is 0.0489. The Balaban J connectivity index is 1.59. The van der Waals surface area contributed by atoms with Crippen LogP contribution in [0.15, 0.2) is 41.6 Å². The average Bonchev–Trinajstić information content (AvgIpc) is 3.37. The fourth-order valence-corrected chi connectivity index (χ4v) is 4.41. The number of alkyl halides is 3. The fourth-order valence-electron chi connectivity index (χ4n) is 3.88. The Kier molecular flexibility index (Phi) is 6.54. The van der Waals surface area contributed by atoms with E-state index in [2.05, 4.69) is 20.6 Å². The normalized spacial score (nSPS) is 17.8. The molecule has 184 valence electrons. The molecule has 0 fully saturated rings. The Morgan fingerprint density at radius 2 is 1.86 bits per heavy atom. The first-order valence-corrected chi connectivity index (χ1v) is 11.3. The van der Waals surface area contributed by atoms with Gasteiger partial charge in [-0.15, -0.1) is 5.10 Å². The van der Waals surface area contributed by atoms with E-state index in [-0.39, 0.29) is 27.3 Å². The standard InChI is InChI=1S/C23H20Cl2F3N5O2/c1-4-33-13(3)29-21(31-33)30-20(34)18-6-5-14(7-12(18)2)19-11-22(35-32-19,23(26,27)28)15-8-16(24)10-17(25)9-15/h5-10H,4,11H2,1-3H3,(H,30,31,34). The van der Waals surface area contributed by atoms with Crippen LogP contribution in [0.5, 0.6) is 0 Å². The van der Waals surface area contributed by atoms with Crippen molar-refractivity contribution in [1.82, 2.24) is 14.8 Å². The number of oxime groups is 1. The van der Waals surface area contributed by atoms with E-state index in [1.807, 2.05) is 6.92 Å². The largest absolute Gasteiger partial charge is 0.435 e. The molecular weight excluding hydrogens is 506 g/mol. The minimum Gasteiger partial charge on any atom is -0.374 e. The number of carbonyl (C=O) groups excluding carboxylic acids is 1. The molecule has 2 aromatic carbocycles. The monoisotopic (exact) mass is 525 g/mol. The number of rotatable bonds is 5. The van der Waals surface area contributed by atoms with Gasteiger partial charge in [0.15, 0.2) is 0 Å². The minimum atomic E-state index is -4.80. The Morgan fingerprint density at radius 1 is 1.17 bits per heavy atom. The summed E-state index contributed by atoms with van der Waals surface area (Å²) in [6.07, 6.45) is -5.38. The number of hydrogen-bond donors (Lipinski definition) is 1. The summed E-state index contributed by atoms with van der Waals surface area (Å²) in [7, 11) is 0. The molecule has 0 saturated heterocycles. The number of carbonyl (C=O) groups is 1. The molecule has 1 aliphatic heterocycles. The molecule has 0 bridgehead atoms. The lowest BCUT2D eigenvalue weighted by Gasteiger charge is -2.29. The highest BCUT2D eigenvalue weighted by Gasteiger charge is 2.62. The lowest BCUT2D eigenvalue weighted by atomic mass is 9.86. The maximum absolute atomic E-state index is 14.2. The van der Waals surface area contributed by atoms with Gasteiger partial charge in [0.2, 0.25) is 5.95 Å². The van der Waals surface area contributed by atoms with E-state index in [4.69, 9.17) is 28.0 Å². The molecule has 7 nitrogen and oxygen atoms in total. The molecule has 1 aliphatic rings. The smallest absolute Gasteiger partial charge is 0.374 e. The SMILES string of the molecule is CCn1nc(NC(=O)c2ccc(C3=NOC(c4cc(Cl)cc(Cl)c4)(C(F)(F)F)C3)cc2C)nc1C. The highest BCUT2D eigenvalue weighted by atomic mass is 35.5. The summed E-state index contributed by atoms with van der Waals surface area (Å²) >= 11 is 11.9. The van der Waals surface area contributed by atoms with Crippen LogP contribution in [0.3, 0.4) is 0 Å². The second-order valence-electron chi connectivity index (χ2n) is 8.07. The van der Waals surface area contributed by atoms with Crippen molar-refractivity contribution in [3.05, 3.63) is 74.5 Å². The van der Waals surface area contributed by atoms with Crippen LogP contribution in [0, 0.1) is 13.8 Å². The van der Waals surface area contributed by atoms with E-state index in [1.54, 1.807) is 24.6 Å². The molecule has 4 rings (SSSR count). The van der Waals surface area contributed by atoms with Crippen molar-refractivity contribution in [2.45, 2.75) is 45.5 Å². The van der Waals surface area contributed by atoms with Crippen molar-refractivity contribution in [3.63, 3.8) is 0 Å². The van der Waals surface area contributed by atoms with E-state index < -0.39 is 24.1 Å². The maximum Gasteiger partial charge on any atom is 0.435 e. The summed E-state index contributed by atoms with van der Waals surface area (Å²) in [5.74, 6) is 0.384. The molecule has 12 heteroatoms. The molecule has 0 spiro atoms. The predicted octanol–water partition coefficient (Wildman–Crippen LogP) is 6.06. The van der Waals surface area contributed by atoms with Gasteiger partial charge in [0.1, 0.15) is 5.82 Å². The zero-order chi connectivity index (χ0) is 25.5. The Labute approximate surface area is 208 Å². The molecule has 1 aromatic heterocycles. The van der Waals surface area contributed by atoms with E-state index in [9.17, 15) is 18.0 Å². The van der Waals surface area contributed by atoms with Crippen LogP contribution in [0.2, 0.25) is 10.0 Å². The van der Waals surface area contributed by atoms with E-state index in [0.29, 0.717) is 29.1 Å². The number of nitrogens with zero attached hydrogens (tertiary/aromatic N) is 4. The fraction of sp³-hybridized carbons (Fsp3) is 0.304. The van der Waals surface area contributed by atoms with Crippen molar-refractivity contribution < 1.29 is 22.8 Å². The Hall–Kier alpha value is -3.11. The molecule has 3 aromatic rings. The third kappa shape index (κ3) is 4.72. The highest BCUT2D eigenvalue weighted by molar-refractivity contribution is 6.34. The number of hydrogen-bond acceptors (Lipinski definition) is 5. The van der Waals surface area contributed by atoms with Gasteiger partial charge in [-0.1, -0.05) is 34.4 Å². The van der Waals surface area contributed by atoms with Gasteiger partial charge in [0.25, 0.3) is 11.5 Å². The van der Waals surface area contributed by atoms with Crippen LogP contribution < -0.4 is 5.32 Å². The molecule has 0 saturated carbocycles.